The molecule has 0 heterocycles. The van der Waals surface area contributed by atoms with Crippen LogP contribution in [-0.4, -0.2) is 24.7 Å². The Morgan fingerprint density at radius 1 is 1.18 bits per heavy atom. The fourth-order valence-corrected chi connectivity index (χ4v) is 2.05. The highest BCUT2D eigenvalue weighted by Gasteiger charge is 2.22. The lowest BCUT2D eigenvalue weighted by Gasteiger charge is -2.22. The van der Waals surface area contributed by atoms with Crippen molar-refractivity contribution in [2.75, 3.05) is 19.0 Å². The summed E-state index contributed by atoms with van der Waals surface area (Å²) in [6.07, 6.45) is 0. The Labute approximate surface area is 130 Å². The molecule has 1 unspecified atom stereocenters. The van der Waals surface area contributed by atoms with E-state index in [9.17, 15) is 5.11 Å². The Morgan fingerprint density at radius 2 is 1.82 bits per heavy atom. The summed E-state index contributed by atoms with van der Waals surface area (Å²) in [5.74, 6) is 0.899. The van der Waals surface area contributed by atoms with Crippen molar-refractivity contribution in [2.24, 2.45) is 10.7 Å². The van der Waals surface area contributed by atoms with Gasteiger partial charge in [0.1, 0.15) is 11.4 Å². The molecule has 0 aliphatic carbocycles. The quantitative estimate of drug-likeness (QED) is 0.585. The summed E-state index contributed by atoms with van der Waals surface area (Å²) >= 11 is 0. The zero-order chi connectivity index (χ0) is 16.0. The molecule has 0 saturated carbocycles. The molecule has 5 nitrogen and oxygen atoms in total. The van der Waals surface area contributed by atoms with Crippen molar-refractivity contribution in [1.82, 2.24) is 0 Å². The maximum absolute atomic E-state index is 10.5. The van der Waals surface area contributed by atoms with E-state index >= 15 is 0 Å². The van der Waals surface area contributed by atoms with Gasteiger partial charge in [0.15, 0.2) is 5.96 Å². The van der Waals surface area contributed by atoms with Gasteiger partial charge in [-0.3, -0.25) is 0 Å². The van der Waals surface area contributed by atoms with Crippen molar-refractivity contribution in [1.29, 1.82) is 0 Å². The zero-order valence-corrected chi connectivity index (χ0v) is 12.8. The van der Waals surface area contributed by atoms with Gasteiger partial charge in [-0.05, 0) is 24.6 Å². The predicted octanol–water partition coefficient (Wildman–Crippen LogP) is 2.33. The van der Waals surface area contributed by atoms with Crippen molar-refractivity contribution >= 4 is 11.6 Å². The number of methoxy groups -OCH3 is 1. The normalized spacial score (nSPS) is 14.2. The van der Waals surface area contributed by atoms with E-state index in [1.54, 1.807) is 14.0 Å². The van der Waals surface area contributed by atoms with Crippen LogP contribution in [0.15, 0.2) is 59.6 Å². The minimum atomic E-state index is -1.08. The number of anilines is 1. The Hall–Kier alpha value is -2.53. The number of ether oxygens (including phenoxy) is 1. The smallest absolute Gasteiger partial charge is 0.193 e. The van der Waals surface area contributed by atoms with Crippen molar-refractivity contribution in [3.63, 3.8) is 0 Å². The maximum atomic E-state index is 10.5. The lowest BCUT2D eigenvalue weighted by molar-refractivity contribution is 0.0674. The molecular formula is C17H21N3O2. The third-order valence-electron chi connectivity index (χ3n) is 3.32. The Balaban J connectivity index is 2.06. The number of aliphatic hydroxyl groups is 1. The average Bonchev–Trinajstić information content (AvgIpc) is 2.54. The van der Waals surface area contributed by atoms with Gasteiger partial charge >= 0.3 is 0 Å². The van der Waals surface area contributed by atoms with Gasteiger partial charge in [-0.1, -0.05) is 42.5 Å². The van der Waals surface area contributed by atoms with Crippen molar-refractivity contribution in [3.8, 4) is 5.75 Å². The number of rotatable bonds is 5. The third kappa shape index (κ3) is 3.99. The van der Waals surface area contributed by atoms with Gasteiger partial charge in [0.05, 0.1) is 19.3 Å². The molecular weight excluding hydrogens is 278 g/mol. The van der Waals surface area contributed by atoms with Gasteiger partial charge in [0, 0.05) is 0 Å². The standard InChI is InChI=1S/C17H21N3O2/c1-17(21,13-8-4-3-5-9-13)12-19-16(18)20-14-10-6-7-11-15(14)22-2/h3-11,21H,12H2,1-2H3,(H3,18,19,20). The van der Waals surface area contributed by atoms with E-state index in [1.807, 2.05) is 54.6 Å². The molecule has 22 heavy (non-hydrogen) atoms. The van der Waals surface area contributed by atoms with Gasteiger partial charge in [0.25, 0.3) is 0 Å². The van der Waals surface area contributed by atoms with Crippen LogP contribution in [0.3, 0.4) is 0 Å². The maximum Gasteiger partial charge on any atom is 0.193 e. The van der Waals surface area contributed by atoms with Crippen LogP contribution >= 0.6 is 0 Å². The van der Waals surface area contributed by atoms with Gasteiger partial charge in [-0.2, -0.15) is 0 Å². The minimum absolute atomic E-state index is 0.158. The van der Waals surface area contributed by atoms with E-state index in [4.69, 9.17) is 10.5 Å². The second kappa shape index (κ2) is 6.95. The fraction of sp³-hybridized carbons (Fsp3) is 0.235. The highest BCUT2D eigenvalue weighted by molar-refractivity contribution is 5.93. The molecule has 5 heteroatoms. The third-order valence-corrected chi connectivity index (χ3v) is 3.32. The Bertz CT molecular complexity index is 639. The summed E-state index contributed by atoms with van der Waals surface area (Å²) in [6, 6.07) is 16.8. The monoisotopic (exact) mass is 299 g/mol. The molecule has 0 aliphatic rings. The lowest BCUT2D eigenvalue weighted by atomic mass is 9.96. The Kier molecular flexibility index (Phi) is 5.01. The molecule has 0 radical (unpaired) electrons. The molecule has 2 aromatic rings. The average molecular weight is 299 g/mol. The molecule has 2 aromatic carbocycles. The number of nitrogens with one attached hydrogen (secondary N) is 1. The highest BCUT2D eigenvalue weighted by Crippen LogP contribution is 2.23. The largest absolute Gasteiger partial charge is 0.495 e. The molecule has 0 aliphatic heterocycles. The molecule has 0 saturated heterocycles. The summed E-state index contributed by atoms with van der Waals surface area (Å²) in [6.45, 7) is 1.87. The van der Waals surface area contributed by atoms with E-state index in [1.165, 1.54) is 0 Å². The zero-order valence-electron chi connectivity index (χ0n) is 12.8. The second-order valence-electron chi connectivity index (χ2n) is 5.17. The summed E-state index contributed by atoms with van der Waals surface area (Å²) in [4.78, 5) is 4.22. The minimum Gasteiger partial charge on any atom is -0.495 e. The molecule has 0 aromatic heterocycles. The van der Waals surface area contributed by atoms with Crippen molar-refractivity contribution in [3.05, 3.63) is 60.2 Å². The van der Waals surface area contributed by atoms with Crippen molar-refractivity contribution in [2.45, 2.75) is 12.5 Å². The topological polar surface area (TPSA) is 79.9 Å². The molecule has 1 atom stereocenters. The van der Waals surface area contributed by atoms with Crippen LogP contribution in [0.2, 0.25) is 0 Å². The highest BCUT2D eigenvalue weighted by atomic mass is 16.5. The number of para-hydroxylation sites is 2. The number of nitrogens with zero attached hydrogens (tertiary/aromatic N) is 1. The first-order chi connectivity index (χ1) is 10.5. The van der Waals surface area contributed by atoms with E-state index in [0.29, 0.717) is 5.75 Å². The molecule has 4 N–H and O–H groups in total. The molecule has 116 valence electrons. The molecule has 0 amide bonds. The first-order valence-corrected chi connectivity index (χ1v) is 7.01. The molecule has 0 bridgehead atoms. The van der Waals surface area contributed by atoms with Gasteiger partial charge < -0.3 is 20.9 Å². The van der Waals surface area contributed by atoms with Gasteiger partial charge in [0.2, 0.25) is 0 Å². The van der Waals surface area contributed by atoms with Gasteiger partial charge in [-0.15, -0.1) is 0 Å². The van der Waals surface area contributed by atoms with Crippen LogP contribution in [0.1, 0.15) is 12.5 Å². The SMILES string of the molecule is COc1ccccc1NC(N)=NCC(C)(O)c1ccccc1. The second-order valence-corrected chi connectivity index (χ2v) is 5.17. The fourth-order valence-electron chi connectivity index (χ4n) is 2.05. The van der Waals surface area contributed by atoms with Crippen LogP contribution in [0.5, 0.6) is 5.75 Å². The number of guanidine groups is 1. The summed E-state index contributed by atoms with van der Waals surface area (Å²) < 4.78 is 5.24. The molecule has 2 rings (SSSR count). The molecule has 0 spiro atoms. The first kappa shape index (κ1) is 15.9. The first-order valence-electron chi connectivity index (χ1n) is 7.01. The predicted molar refractivity (Wildman–Crippen MR) is 89.1 cm³/mol. The van der Waals surface area contributed by atoms with Crippen LogP contribution in [0, 0.1) is 0 Å². The number of hydrogen-bond donors (Lipinski definition) is 3. The van der Waals surface area contributed by atoms with Crippen LogP contribution in [0.4, 0.5) is 5.69 Å². The summed E-state index contributed by atoms with van der Waals surface area (Å²) in [5, 5.41) is 13.5. The van der Waals surface area contributed by atoms with E-state index in [0.717, 1.165) is 11.3 Å². The van der Waals surface area contributed by atoms with E-state index < -0.39 is 5.60 Å². The van der Waals surface area contributed by atoms with E-state index in [2.05, 4.69) is 10.3 Å². The number of nitrogens with two attached hydrogens (primary N) is 1. The number of benzene rings is 2. The van der Waals surface area contributed by atoms with Crippen molar-refractivity contribution < 1.29 is 9.84 Å². The van der Waals surface area contributed by atoms with Crippen LogP contribution in [0.25, 0.3) is 0 Å². The lowest BCUT2D eigenvalue weighted by Crippen LogP contribution is -2.29. The number of aliphatic imine (C=N–C) groups is 1. The summed E-state index contributed by atoms with van der Waals surface area (Å²) in [7, 11) is 1.59. The summed E-state index contributed by atoms with van der Waals surface area (Å²) in [5.41, 5.74) is 6.33. The number of hydrogen-bond acceptors (Lipinski definition) is 3. The van der Waals surface area contributed by atoms with E-state index in [-0.39, 0.29) is 12.5 Å². The van der Waals surface area contributed by atoms with Gasteiger partial charge in [-0.25, -0.2) is 4.99 Å². The van der Waals surface area contributed by atoms with Crippen LogP contribution < -0.4 is 15.8 Å². The van der Waals surface area contributed by atoms with Crippen LogP contribution in [-0.2, 0) is 5.60 Å². The Morgan fingerprint density at radius 3 is 2.50 bits per heavy atom. The molecule has 0 fully saturated rings.